The van der Waals surface area contributed by atoms with Gasteiger partial charge in [-0.2, -0.15) is 0 Å². The van der Waals surface area contributed by atoms with Gasteiger partial charge in [-0.3, -0.25) is 0 Å². The molecule has 0 saturated heterocycles. The molecule has 6 nitrogen and oxygen atoms in total. The van der Waals surface area contributed by atoms with Gasteiger partial charge in [-0.1, -0.05) is 13.3 Å². The molecule has 0 saturated carbocycles. The van der Waals surface area contributed by atoms with Crippen LogP contribution in [-0.4, -0.2) is 34.7 Å². The van der Waals surface area contributed by atoms with Crippen molar-refractivity contribution in [2.45, 2.75) is 19.8 Å². The highest BCUT2D eigenvalue weighted by atomic mass is 16.5. The van der Waals surface area contributed by atoms with Crippen LogP contribution in [0.2, 0.25) is 0 Å². The molecule has 0 heterocycles. The molecular formula is C13H14O6. The van der Waals surface area contributed by atoms with Gasteiger partial charge >= 0.3 is 17.9 Å². The third-order valence-corrected chi connectivity index (χ3v) is 2.45. The predicted octanol–water partition coefficient (Wildman–Crippen LogP) is 2.04. The summed E-state index contributed by atoms with van der Waals surface area (Å²) in [5.74, 6) is -3.39. The fourth-order valence-corrected chi connectivity index (χ4v) is 1.42. The van der Waals surface area contributed by atoms with E-state index in [9.17, 15) is 14.4 Å². The van der Waals surface area contributed by atoms with Crippen LogP contribution in [0.5, 0.6) is 0 Å². The van der Waals surface area contributed by atoms with Crippen LogP contribution in [0.4, 0.5) is 0 Å². The quantitative estimate of drug-likeness (QED) is 0.603. The van der Waals surface area contributed by atoms with Crippen molar-refractivity contribution in [2.75, 3.05) is 6.61 Å². The SMILES string of the molecule is CCCCOC(=O)c1ccc(C(=O)O)cc1C(=O)O. The highest BCUT2D eigenvalue weighted by Gasteiger charge is 2.19. The minimum atomic E-state index is -1.37. The van der Waals surface area contributed by atoms with Gasteiger partial charge in [-0.05, 0) is 24.6 Å². The third-order valence-electron chi connectivity index (χ3n) is 2.45. The van der Waals surface area contributed by atoms with Gasteiger partial charge in [0.15, 0.2) is 0 Å². The summed E-state index contributed by atoms with van der Waals surface area (Å²) in [5.41, 5.74) is -0.711. The van der Waals surface area contributed by atoms with Crippen molar-refractivity contribution in [3.63, 3.8) is 0 Å². The van der Waals surface area contributed by atoms with E-state index in [-0.39, 0.29) is 23.3 Å². The number of carboxylic acids is 2. The largest absolute Gasteiger partial charge is 0.478 e. The molecule has 0 fully saturated rings. The van der Waals surface area contributed by atoms with E-state index in [1.54, 1.807) is 0 Å². The molecule has 19 heavy (non-hydrogen) atoms. The predicted molar refractivity (Wildman–Crippen MR) is 65.6 cm³/mol. The number of ether oxygens (including phenoxy) is 1. The normalized spacial score (nSPS) is 9.95. The number of carbonyl (C=O) groups excluding carboxylic acids is 1. The van der Waals surface area contributed by atoms with Crippen LogP contribution in [0.1, 0.15) is 50.8 Å². The van der Waals surface area contributed by atoms with E-state index in [1.807, 2.05) is 6.92 Å². The van der Waals surface area contributed by atoms with Crippen LogP contribution in [-0.2, 0) is 4.74 Å². The number of esters is 1. The van der Waals surface area contributed by atoms with Crippen molar-refractivity contribution in [3.8, 4) is 0 Å². The minimum Gasteiger partial charge on any atom is -0.478 e. The molecule has 0 bridgehead atoms. The Labute approximate surface area is 109 Å². The average molecular weight is 266 g/mol. The van der Waals surface area contributed by atoms with E-state index in [4.69, 9.17) is 14.9 Å². The van der Waals surface area contributed by atoms with Gasteiger partial charge in [0.05, 0.1) is 23.3 Å². The molecule has 1 aromatic rings. The first-order valence-electron chi connectivity index (χ1n) is 5.75. The van der Waals surface area contributed by atoms with Crippen molar-refractivity contribution in [1.29, 1.82) is 0 Å². The van der Waals surface area contributed by atoms with Crippen molar-refractivity contribution in [1.82, 2.24) is 0 Å². The van der Waals surface area contributed by atoms with Crippen LogP contribution in [0, 0.1) is 0 Å². The molecular weight excluding hydrogens is 252 g/mol. The molecule has 0 atom stereocenters. The lowest BCUT2D eigenvalue weighted by molar-refractivity contribution is 0.0488. The molecule has 1 rings (SSSR count). The minimum absolute atomic E-state index is 0.145. The lowest BCUT2D eigenvalue weighted by Crippen LogP contribution is -2.13. The summed E-state index contributed by atoms with van der Waals surface area (Å²) in [7, 11) is 0. The lowest BCUT2D eigenvalue weighted by atomic mass is 10.0. The second-order valence-electron chi connectivity index (χ2n) is 3.86. The number of aromatic carboxylic acids is 2. The fourth-order valence-electron chi connectivity index (χ4n) is 1.42. The van der Waals surface area contributed by atoms with Gasteiger partial charge in [0.1, 0.15) is 0 Å². The van der Waals surface area contributed by atoms with Gasteiger partial charge in [0.2, 0.25) is 0 Å². The summed E-state index contributed by atoms with van der Waals surface area (Å²) in [5, 5.41) is 17.8. The van der Waals surface area contributed by atoms with E-state index in [1.165, 1.54) is 6.07 Å². The Balaban J connectivity index is 3.03. The van der Waals surface area contributed by atoms with E-state index in [2.05, 4.69) is 0 Å². The smallest absolute Gasteiger partial charge is 0.339 e. The number of hydrogen-bond acceptors (Lipinski definition) is 4. The molecule has 0 spiro atoms. The highest BCUT2D eigenvalue weighted by Crippen LogP contribution is 2.14. The van der Waals surface area contributed by atoms with Crippen LogP contribution >= 0.6 is 0 Å². The number of carboxylic acid groups (broad SMARTS) is 2. The first kappa shape index (κ1) is 14.7. The Kier molecular flexibility index (Phi) is 5.05. The van der Waals surface area contributed by atoms with Gasteiger partial charge in [-0.15, -0.1) is 0 Å². The van der Waals surface area contributed by atoms with Crippen LogP contribution in [0.3, 0.4) is 0 Å². The van der Waals surface area contributed by atoms with Crippen LogP contribution < -0.4 is 0 Å². The molecule has 6 heteroatoms. The Morgan fingerprint density at radius 1 is 1.11 bits per heavy atom. The first-order chi connectivity index (χ1) is 8.97. The summed E-state index contributed by atoms with van der Waals surface area (Å²) in [6.07, 6.45) is 1.53. The Hall–Kier alpha value is -2.37. The van der Waals surface area contributed by atoms with Crippen LogP contribution in [0.15, 0.2) is 18.2 Å². The molecule has 0 unspecified atom stereocenters. The van der Waals surface area contributed by atoms with Crippen molar-refractivity contribution in [3.05, 3.63) is 34.9 Å². The van der Waals surface area contributed by atoms with Crippen molar-refractivity contribution in [2.24, 2.45) is 0 Å². The molecule has 0 radical (unpaired) electrons. The molecule has 0 aromatic heterocycles. The maximum atomic E-state index is 11.7. The zero-order chi connectivity index (χ0) is 14.4. The molecule has 0 aliphatic heterocycles. The summed E-state index contributed by atoms with van der Waals surface area (Å²) in [4.78, 5) is 33.5. The fraction of sp³-hybridized carbons (Fsp3) is 0.308. The second kappa shape index (κ2) is 6.53. The summed E-state index contributed by atoms with van der Waals surface area (Å²) < 4.78 is 4.91. The van der Waals surface area contributed by atoms with Gasteiger partial charge in [0, 0.05) is 0 Å². The highest BCUT2D eigenvalue weighted by molar-refractivity contribution is 6.04. The summed E-state index contributed by atoms with van der Waals surface area (Å²) in [6.45, 7) is 2.13. The van der Waals surface area contributed by atoms with Crippen molar-refractivity contribution < 1.29 is 29.3 Å². The average Bonchev–Trinajstić information content (AvgIpc) is 2.38. The van der Waals surface area contributed by atoms with Crippen LogP contribution in [0.25, 0.3) is 0 Å². The molecule has 0 aliphatic rings. The summed E-state index contributed by atoms with van der Waals surface area (Å²) in [6, 6.07) is 3.27. The first-order valence-corrected chi connectivity index (χ1v) is 5.75. The number of rotatable bonds is 6. The molecule has 2 N–H and O–H groups in total. The van der Waals surface area contributed by atoms with Gasteiger partial charge in [0.25, 0.3) is 0 Å². The summed E-state index contributed by atoms with van der Waals surface area (Å²) >= 11 is 0. The van der Waals surface area contributed by atoms with E-state index < -0.39 is 17.9 Å². The molecule has 102 valence electrons. The Morgan fingerprint density at radius 2 is 1.79 bits per heavy atom. The standard InChI is InChI=1S/C13H14O6/c1-2-3-6-19-13(18)9-5-4-8(11(14)15)7-10(9)12(16)17/h4-5,7H,2-3,6H2,1H3,(H,14,15)(H,16,17). The number of carbonyl (C=O) groups is 3. The van der Waals surface area contributed by atoms with E-state index >= 15 is 0 Å². The number of unbranched alkanes of at least 4 members (excludes halogenated alkanes) is 1. The Bertz CT molecular complexity index is 506. The Morgan fingerprint density at radius 3 is 2.32 bits per heavy atom. The number of hydrogen-bond donors (Lipinski definition) is 2. The monoisotopic (exact) mass is 266 g/mol. The van der Waals surface area contributed by atoms with Gasteiger partial charge < -0.3 is 14.9 Å². The van der Waals surface area contributed by atoms with Gasteiger partial charge in [-0.25, -0.2) is 14.4 Å². The lowest BCUT2D eigenvalue weighted by Gasteiger charge is -2.07. The van der Waals surface area contributed by atoms with Crippen molar-refractivity contribution >= 4 is 17.9 Å². The van der Waals surface area contributed by atoms with E-state index in [0.717, 1.165) is 18.6 Å². The maximum Gasteiger partial charge on any atom is 0.339 e. The zero-order valence-corrected chi connectivity index (χ0v) is 10.4. The second-order valence-corrected chi connectivity index (χ2v) is 3.86. The molecule has 0 aliphatic carbocycles. The number of benzene rings is 1. The maximum absolute atomic E-state index is 11.7. The molecule has 0 amide bonds. The third kappa shape index (κ3) is 3.80. The van der Waals surface area contributed by atoms with E-state index in [0.29, 0.717) is 6.42 Å². The topological polar surface area (TPSA) is 101 Å². The zero-order valence-electron chi connectivity index (χ0n) is 10.4. The molecule has 1 aromatic carbocycles.